The number of carbonyl (C=O) groups is 2. The number of ether oxygens (including phenoxy) is 2. The van der Waals surface area contributed by atoms with Crippen LogP contribution in [-0.2, 0) is 19.6 Å². The molecule has 0 spiro atoms. The lowest BCUT2D eigenvalue weighted by Crippen LogP contribution is -2.38. The van der Waals surface area contributed by atoms with Crippen LogP contribution in [0, 0.1) is 6.92 Å². The second kappa shape index (κ2) is 12.2. The van der Waals surface area contributed by atoms with Gasteiger partial charge in [0.05, 0.1) is 29.9 Å². The van der Waals surface area contributed by atoms with Crippen LogP contribution in [0.25, 0.3) is 0 Å². The number of hydrogen-bond donors (Lipinski definition) is 1. The lowest BCUT2D eigenvalue weighted by molar-refractivity contribution is -0.114. The van der Waals surface area contributed by atoms with Crippen molar-refractivity contribution in [2.75, 3.05) is 29.9 Å². The fourth-order valence-corrected chi connectivity index (χ4v) is 4.74. The number of aryl methyl sites for hydroxylation is 1. The Balaban J connectivity index is 1.80. The standard InChI is InChI=1S/C27H30N2O6S/c1-4-5-17-35-27(31)21-11-13-22(14-12-21)28-26(30)19-29(23-7-6-8-24(18-23)34-3)36(32,33)25-15-9-20(2)10-16-25/h6-16,18H,4-5,17,19H2,1-3H3,(H,28,30). The van der Waals surface area contributed by atoms with E-state index in [1.165, 1.54) is 19.2 Å². The zero-order valence-electron chi connectivity index (χ0n) is 20.6. The predicted octanol–water partition coefficient (Wildman–Crippen LogP) is 4.79. The Morgan fingerprint density at radius 2 is 1.67 bits per heavy atom. The van der Waals surface area contributed by atoms with E-state index in [0.717, 1.165) is 22.7 Å². The van der Waals surface area contributed by atoms with E-state index in [9.17, 15) is 18.0 Å². The van der Waals surface area contributed by atoms with Crippen molar-refractivity contribution in [2.24, 2.45) is 0 Å². The lowest BCUT2D eigenvalue weighted by atomic mass is 10.2. The van der Waals surface area contributed by atoms with Gasteiger partial charge in [-0.25, -0.2) is 13.2 Å². The molecule has 0 atom stereocenters. The molecule has 3 rings (SSSR count). The molecule has 0 saturated heterocycles. The Morgan fingerprint density at radius 1 is 0.972 bits per heavy atom. The zero-order chi connectivity index (χ0) is 26.1. The van der Waals surface area contributed by atoms with Crippen molar-refractivity contribution in [3.05, 3.63) is 83.9 Å². The third-order valence-electron chi connectivity index (χ3n) is 5.37. The van der Waals surface area contributed by atoms with Crippen LogP contribution in [0.4, 0.5) is 11.4 Å². The molecule has 8 nitrogen and oxygen atoms in total. The summed E-state index contributed by atoms with van der Waals surface area (Å²) in [6, 6.07) is 19.1. The van der Waals surface area contributed by atoms with Crippen LogP contribution < -0.4 is 14.4 Å². The Morgan fingerprint density at radius 3 is 2.31 bits per heavy atom. The minimum absolute atomic E-state index is 0.0645. The average Bonchev–Trinajstić information content (AvgIpc) is 2.88. The predicted molar refractivity (Wildman–Crippen MR) is 139 cm³/mol. The first kappa shape index (κ1) is 26.7. The first-order valence-electron chi connectivity index (χ1n) is 11.5. The van der Waals surface area contributed by atoms with Gasteiger partial charge in [-0.1, -0.05) is 37.1 Å². The number of benzene rings is 3. The van der Waals surface area contributed by atoms with Gasteiger partial charge in [-0.2, -0.15) is 0 Å². The minimum Gasteiger partial charge on any atom is -0.497 e. The van der Waals surface area contributed by atoms with E-state index >= 15 is 0 Å². The van der Waals surface area contributed by atoms with E-state index in [1.807, 2.05) is 13.8 Å². The molecule has 0 bridgehead atoms. The molecule has 3 aromatic carbocycles. The normalized spacial score (nSPS) is 11.0. The summed E-state index contributed by atoms with van der Waals surface area (Å²) in [7, 11) is -2.58. The fraction of sp³-hybridized carbons (Fsp3) is 0.259. The van der Waals surface area contributed by atoms with E-state index in [0.29, 0.717) is 23.6 Å². The Hall–Kier alpha value is -3.85. The summed E-state index contributed by atoms with van der Waals surface area (Å²) in [5.74, 6) is -0.528. The summed E-state index contributed by atoms with van der Waals surface area (Å²) in [5, 5.41) is 2.69. The zero-order valence-corrected chi connectivity index (χ0v) is 21.4. The van der Waals surface area contributed by atoms with Crippen molar-refractivity contribution < 1.29 is 27.5 Å². The maximum absolute atomic E-state index is 13.5. The summed E-state index contributed by atoms with van der Waals surface area (Å²) in [5.41, 5.74) is 1.99. The first-order chi connectivity index (χ1) is 17.2. The second-order valence-corrected chi connectivity index (χ2v) is 10.0. The number of carbonyl (C=O) groups excluding carboxylic acids is 2. The van der Waals surface area contributed by atoms with E-state index in [2.05, 4.69) is 5.32 Å². The van der Waals surface area contributed by atoms with E-state index < -0.39 is 28.4 Å². The highest BCUT2D eigenvalue weighted by Crippen LogP contribution is 2.27. The molecule has 0 radical (unpaired) electrons. The number of hydrogen-bond acceptors (Lipinski definition) is 6. The van der Waals surface area contributed by atoms with Crippen LogP contribution in [0.5, 0.6) is 5.75 Å². The molecule has 0 aliphatic rings. The molecule has 36 heavy (non-hydrogen) atoms. The number of methoxy groups -OCH3 is 1. The van der Waals surface area contributed by atoms with E-state index in [4.69, 9.17) is 9.47 Å². The molecule has 0 aliphatic carbocycles. The summed E-state index contributed by atoms with van der Waals surface area (Å²) in [4.78, 5) is 25.1. The maximum atomic E-state index is 13.5. The van der Waals surface area contributed by atoms with Gasteiger partial charge in [0, 0.05) is 11.8 Å². The number of rotatable bonds is 11. The Labute approximate surface area is 211 Å². The molecule has 190 valence electrons. The minimum atomic E-state index is -4.06. The number of esters is 1. The van der Waals surface area contributed by atoms with Gasteiger partial charge >= 0.3 is 5.97 Å². The molecular formula is C27H30N2O6S. The second-order valence-electron chi connectivity index (χ2n) is 8.14. The van der Waals surface area contributed by atoms with Gasteiger partial charge in [0.25, 0.3) is 10.0 Å². The van der Waals surface area contributed by atoms with Crippen LogP contribution in [-0.4, -0.2) is 40.6 Å². The van der Waals surface area contributed by atoms with Crippen molar-refractivity contribution in [1.82, 2.24) is 0 Å². The van der Waals surface area contributed by atoms with Gasteiger partial charge in [0.2, 0.25) is 5.91 Å². The number of sulfonamides is 1. The molecule has 0 aromatic heterocycles. The van der Waals surface area contributed by atoms with Crippen LogP contribution in [0.2, 0.25) is 0 Å². The largest absolute Gasteiger partial charge is 0.497 e. The topological polar surface area (TPSA) is 102 Å². The van der Waals surface area contributed by atoms with Gasteiger partial charge in [-0.05, 0) is 61.9 Å². The van der Waals surface area contributed by atoms with Crippen LogP contribution in [0.1, 0.15) is 35.7 Å². The first-order valence-corrected chi connectivity index (χ1v) is 13.0. The Kier molecular flexibility index (Phi) is 9.08. The molecule has 9 heteroatoms. The van der Waals surface area contributed by atoms with Gasteiger partial charge in [0.1, 0.15) is 12.3 Å². The SMILES string of the molecule is CCCCOC(=O)c1ccc(NC(=O)CN(c2cccc(OC)c2)S(=O)(=O)c2ccc(C)cc2)cc1. The maximum Gasteiger partial charge on any atom is 0.338 e. The van der Waals surface area contributed by atoms with Crippen molar-refractivity contribution >= 4 is 33.3 Å². The van der Waals surface area contributed by atoms with Crippen LogP contribution >= 0.6 is 0 Å². The summed E-state index contributed by atoms with van der Waals surface area (Å²) < 4.78 is 38.5. The summed E-state index contributed by atoms with van der Waals surface area (Å²) in [6.45, 7) is 3.75. The smallest absolute Gasteiger partial charge is 0.338 e. The van der Waals surface area contributed by atoms with Crippen molar-refractivity contribution in [3.8, 4) is 5.75 Å². The molecule has 0 heterocycles. The molecule has 0 fully saturated rings. The molecule has 1 N–H and O–H groups in total. The van der Waals surface area contributed by atoms with Crippen LogP contribution in [0.3, 0.4) is 0 Å². The number of amides is 1. The van der Waals surface area contributed by atoms with Gasteiger partial charge in [0.15, 0.2) is 0 Å². The lowest BCUT2D eigenvalue weighted by Gasteiger charge is -2.24. The van der Waals surface area contributed by atoms with E-state index in [-0.39, 0.29) is 10.6 Å². The van der Waals surface area contributed by atoms with E-state index in [1.54, 1.807) is 60.7 Å². The van der Waals surface area contributed by atoms with Crippen molar-refractivity contribution in [1.29, 1.82) is 0 Å². The van der Waals surface area contributed by atoms with Crippen molar-refractivity contribution in [2.45, 2.75) is 31.6 Å². The third kappa shape index (κ3) is 6.85. The Bertz CT molecular complexity index is 1290. The molecular weight excluding hydrogens is 480 g/mol. The number of unbranched alkanes of at least 4 members (excludes halogenated alkanes) is 1. The molecule has 0 unspecified atom stereocenters. The van der Waals surface area contributed by atoms with Gasteiger partial charge < -0.3 is 14.8 Å². The number of anilines is 2. The third-order valence-corrected chi connectivity index (χ3v) is 7.16. The molecule has 0 saturated carbocycles. The van der Waals surface area contributed by atoms with Crippen LogP contribution in [0.15, 0.2) is 77.7 Å². The fourth-order valence-electron chi connectivity index (χ4n) is 3.33. The quantitative estimate of drug-likeness (QED) is 0.294. The highest BCUT2D eigenvalue weighted by molar-refractivity contribution is 7.92. The summed E-state index contributed by atoms with van der Waals surface area (Å²) >= 11 is 0. The van der Waals surface area contributed by atoms with Crippen molar-refractivity contribution in [3.63, 3.8) is 0 Å². The summed E-state index contributed by atoms with van der Waals surface area (Å²) in [6.07, 6.45) is 1.71. The monoisotopic (exact) mass is 510 g/mol. The number of nitrogens with zero attached hydrogens (tertiary/aromatic N) is 1. The molecule has 1 amide bonds. The molecule has 3 aromatic rings. The molecule has 0 aliphatic heterocycles. The van der Waals surface area contributed by atoms with Gasteiger partial charge in [-0.15, -0.1) is 0 Å². The highest BCUT2D eigenvalue weighted by Gasteiger charge is 2.27. The number of nitrogens with one attached hydrogen (secondary N) is 1. The van der Waals surface area contributed by atoms with Gasteiger partial charge in [-0.3, -0.25) is 9.10 Å². The highest BCUT2D eigenvalue weighted by atomic mass is 32.2. The average molecular weight is 511 g/mol.